The van der Waals surface area contributed by atoms with Crippen molar-refractivity contribution in [3.05, 3.63) is 22.3 Å². The van der Waals surface area contributed by atoms with Gasteiger partial charge >= 0.3 is 0 Å². The fourth-order valence-electron chi connectivity index (χ4n) is 1.41. The summed E-state index contributed by atoms with van der Waals surface area (Å²) in [4.78, 5) is 6.50. The summed E-state index contributed by atoms with van der Waals surface area (Å²) in [6.07, 6.45) is 0.549. The molecule has 0 aliphatic heterocycles. The largest absolute Gasteiger partial charge is 0.388 e. The van der Waals surface area contributed by atoms with Crippen LogP contribution >= 0.6 is 15.9 Å². The Morgan fingerprint density at radius 1 is 1.62 bits per heavy atom. The molecule has 16 heavy (non-hydrogen) atoms. The number of rotatable bonds is 4. The zero-order valence-corrected chi connectivity index (χ0v) is 11.4. The molecule has 1 atom stereocenters. The van der Waals surface area contributed by atoms with Crippen molar-refractivity contribution in [3.8, 4) is 0 Å². The fraction of sp³-hybridized carbons (Fsp3) is 0.455. The standard InChI is InChI=1S/C11H17BrN4/c1-7(6-10(13)14)16(3)11-5-4-9(12)8(2)15-11/h4-5,7H,6H2,1-3H3,(H3,13,14). The third kappa shape index (κ3) is 3.20. The van der Waals surface area contributed by atoms with E-state index in [4.69, 9.17) is 11.1 Å². The Morgan fingerprint density at radius 2 is 2.25 bits per heavy atom. The molecule has 0 fully saturated rings. The van der Waals surface area contributed by atoms with Gasteiger partial charge in [-0.3, -0.25) is 5.41 Å². The first-order chi connectivity index (χ1) is 7.41. The fourth-order valence-corrected chi connectivity index (χ4v) is 1.63. The molecule has 0 spiro atoms. The maximum atomic E-state index is 7.28. The number of hydrogen-bond donors (Lipinski definition) is 2. The van der Waals surface area contributed by atoms with Gasteiger partial charge in [0.1, 0.15) is 5.82 Å². The molecule has 0 saturated heterocycles. The van der Waals surface area contributed by atoms with Gasteiger partial charge in [-0.2, -0.15) is 0 Å². The number of nitrogens with one attached hydrogen (secondary N) is 1. The van der Waals surface area contributed by atoms with Gasteiger partial charge in [-0.1, -0.05) is 0 Å². The molecular formula is C11H17BrN4. The summed E-state index contributed by atoms with van der Waals surface area (Å²) < 4.78 is 1.00. The van der Waals surface area contributed by atoms with Crippen molar-refractivity contribution in [1.82, 2.24) is 4.98 Å². The predicted octanol–water partition coefficient (Wildman–Crippen LogP) is 2.30. The summed E-state index contributed by atoms with van der Waals surface area (Å²) in [5.41, 5.74) is 6.35. The molecule has 1 aromatic rings. The number of nitrogens with two attached hydrogens (primary N) is 1. The number of aromatic nitrogens is 1. The van der Waals surface area contributed by atoms with E-state index in [-0.39, 0.29) is 11.9 Å². The summed E-state index contributed by atoms with van der Waals surface area (Å²) in [7, 11) is 1.96. The van der Waals surface area contributed by atoms with Gasteiger partial charge in [-0.15, -0.1) is 0 Å². The van der Waals surface area contributed by atoms with Crippen molar-refractivity contribution in [2.24, 2.45) is 5.73 Å². The zero-order valence-electron chi connectivity index (χ0n) is 9.79. The van der Waals surface area contributed by atoms with Gasteiger partial charge in [0, 0.05) is 24.0 Å². The molecule has 0 radical (unpaired) electrons. The van der Waals surface area contributed by atoms with E-state index >= 15 is 0 Å². The minimum Gasteiger partial charge on any atom is -0.388 e. The monoisotopic (exact) mass is 284 g/mol. The normalized spacial score (nSPS) is 12.2. The van der Waals surface area contributed by atoms with Crippen LogP contribution in [0.4, 0.5) is 5.82 Å². The molecule has 4 nitrogen and oxygen atoms in total. The maximum Gasteiger partial charge on any atom is 0.128 e. The van der Waals surface area contributed by atoms with Crippen LogP contribution in [0.25, 0.3) is 0 Å². The van der Waals surface area contributed by atoms with E-state index in [2.05, 4.69) is 20.9 Å². The molecule has 5 heteroatoms. The number of hydrogen-bond acceptors (Lipinski definition) is 3. The number of anilines is 1. The average Bonchev–Trinajstić information content (AvgIpc) is 2.20. The molecule has 3 N–H and O–H groups in total. The zero-order chi connectivity index (χ0) is 12.3. The summed E-state index contributed by atoms with van der Waals surface area (Å²) >= 11 is 3.42. The van der Waals surface area contributed by atoms with Crippen LogP contribution in [0.15, 0.2) is 16.6 Å². The minimum atomic E-state index is 0.172. The Balaban J connectivity index is 2.83. The Labute approximate surface area is 104 Å². The lowest BCUT2D eigenvalue weighted by Crippen LogP contribution is -2.33. The maximum absolute atomic E-state index is 7.28. The van der Waals surface area contributed by atoms with Gasteiger partial charge in [0.2, 0.25) is 0 Å². The molecule has 0 bridgehead atoms. The lowest BCUT2D eigenvalue weighted by atomic mass is 10.2. The highest BCUT2D eigenvalue weighted by molar-refractivity contribution is 9.10. The van der Waals surface area contributed by atoms with E-state index in [1.165, 1.54) is 0 Å². The van der Waals surface area contributed by atoms with E-state index in [0.29, 0.717) is 6.42 Å². The number of amidine groups is 1. The lowest BCUT2D eigenvalue weighted by molar-refractivity contribution is 0.698. The quantitative estimate of drug-likeness (QED) is 0.659. The minimum absolute atomic E-state index is 0.172. The molecule has 0 aromatic carbocycles. The van der Waals surface area contributed by atoms with E-state index < -0.39 is 0 Å². The van der Waals surface area contributed by atoms with Crippen LogP contribution in [-0.4, -0.2) is 23.9 Å². The number of pyridine rings is 1. The van der Waals surface area contributed by atoms with Gasteiger partial charge in [0.25, 0.3) is 0 Å². The second kappa shape index (κ2) is 5.30. The van der Waals surface area contributed by atoms with Crippen LogP contribution in [0.2, 0.25) is 0 Å². The van der Waals surface area contributed by atoms with E-state index in [9.17, 15) is 0 Å². The van der Waals surface area contributed by atoms with Crippen LogP contribution in [-0.2, 0) is 0 Å². The van der Waals surface area contributed by atoms with E-state index in [0.717, 1.165) is 16.0 Å². The lowest BCUT2D eigenvalue weighted by Gasteiger charge is -2.25. The Hall–Kier alpha value is -1.10. The summed E-state index contributed by atoms with van der Waals surface area (Å²) in [6.45, 7) is 3.98. The van der Waals surface area contributed by atoms with Crippen LogP contribution < -0.4 is 10.6 Å². The van der Waals surface area contributed by atoms with E-state index in [1.807, 2.05) is 37.9 Å². The van der Waals surface area contributed by atoms with Crippen molar-refractivity contribution in [1.29, 1.82) is 5.41 Å². The van der Waals surface area contributed by atoms with Gasteiger partial charge in [0.15, 0.2) is 0 Å². The van der Waals surface area contributed by atoms with Crippen molar-refractivity contribution in [3.63, 3.8) is 0 Å². The molecule has 0 aliphatic carbocycles. The number of nitrogens with zero attached hydrogens (tertiary/aromatic N) is 2. The van der Waals surface area contributed by atoms with Gasteiger partial charge in [-0.25, -0.2) is 4.98 Å². The highest BCUT2D eigenvalue weighted by atomic mass is 79.9. The Bertz CT molecular complexity index is 392. The van der Waals surface area contributed by atoms with Crippen LogP contribution in [0.5, 0.6) is 0 Å². The first-order valence-corrected chi connectivity index (χ1v) is 5.90. The summed E-state index contributed by atoms with van der Waals surface area (Å²) in [5, 5.41) is 7.28. The third-order valence-corrected chi connectivity index (χ3v) is 3.38. The SMILES string of the molecule is Cc1nc(N(C)C(C)CC(=N)N)ccc1Br. The van der Waals surface area contributed by atoms with Crippen LogP contribution in [0, 0.1) is 12.3 Å². The second-order valence-electron chi connectivity index (χ2n) is 3.93. The van der Waals surface area contributed by atoms with Crippen molar-refractivity contribution < 1.29 is 0 Å². The van der Waals surface area contributed by atoms with Gasteiger partial charge in [-0.05, 0) is 41.9 Å². The van der Waals surface area contributed by atoms with Crippen molar-refractivity contribution in [2.45, 2.75) is 26.3 Å². The summed E-state index contributed by atoms with van der Waals surface area (Å²) in [5.74, 6) is 1.10. The average molecular weight is 285 g/mol. The van der Waals surface area contributed by atoms with E-state index in [1.54, 1.807) is 0 Å². The molecular weight excluding hydrogens is 268 g/mol. The van der Waals surface area contributed by atoms with Crippen molar-refractivity contribution in [2.75, 3.05) is 11.9 Å². The molecule has 1 unspecified atom stereocenters. The number of aryl methyl sites for hydroxylation is 1. The Kier molecular flexibility index (Phi) is 4.29. The topological polar surface area (TPSA) is 66.0 Å². The molecule has 0 saturated carbocycles. The molecule has 0 aliphatic rings. The number of halogens is 1. The van der Waals surface area contributed by atoms with Crippen LogP contribution in [0.3, 0.4) is 0 Å². The van der Waals surface area contributed by atoms with Gasteiger partial charge < -0.3 is 10.6 Å². The van der Waals surface area contributed by atoms with Crippen LogP contribution in [0.1, 0.15) is 19.0 Å². The molecule has 0 amide bonds. The van der Waals surface area contributed by atoms with Crippen molar-refractivity contribution >= 4 is 27.6 Å². The molecule has 88 valence electrons. The highest BCUT2D eigenvalue weighted by Crippen LogP contribution is 2.20. The first-order valence-electron chi connectivity index (χ1n) is 5.10. The van der Waals surface area contributed by atoms with Gasteiger partial charge in [0.05, 0.1) is 11.5 Å². The molecule has 1 rings (SSSR count). The predicted molar refractivity (Wildman–Crippen MR) is 71.1 cm³/mol. The summed E-state index contributed by atoms with van der Waals surface area (Å²) in [6, 6.07) is 4.10. The smallest absolute Gasteiger partial charge is 0.128 e. The first kappa shape index (κ1) is 13.0. The Morgan fingerprint density at radius 3 is 2.75 bits per heavy atom. The highest BCUT2D eigenvalue weighted by Gasteiger charge is 2.12. The third-order valence-electron chi connectivity index (χ3n) is 2.54. The molecule has 1 aromatic heterocycles. The second-order valence-corrected chi connectivity index (χ2v) is 4.78. The molecule has 1 heterocycles.